The predicted molar refractivity (Wildman–Crippen MR) is 125 cm³/mol. The molecule has 0 saturated carbocycles. The molecule has 3 N–H and O–H groups in total. The van der Waals surface area contributed by atoms with Crippen LogP contribution in [0.5, 0.6) is 0 Å². The van der Waals surface area contributed by atoms with Gasteiger partial charge in [-0.15, -0.1) is 0 Å². The molecule has 3 atom stereocenters. The Labute approximate surface area is 192 Å². The molecule has 9 nitrogen and oxygen atoms in total. The molecule has 0 aliphatic carbocycles. The molecule has 3 aliphatic heterocycles. The van der Waals surface area contributed by atoms with Crippen LogP contribution in [0, 0.1) is 11.3 Å². The second-order valence-electron chi connectivity index (χ2n) is 9.34. The highest BCUT2D eigenvalue weighted by atomic mass is 16.5. The molecule has 3 aromatic heterocycles. The van der Waals surface area contributed by atoms with E-state index in [-0.39, 0.29) is 0 Å². The van der Waals surface area contributed by atoms with Crippen molar-refractivity contribution in [3.63, 3.8) is 0 Å². The van der Waals surface area contributed by atoms with Gasteiger partial charge < -0.3 is 15.4 Å². The fourth-order valence-electron chi connectivity index (χ4n) is 5.54. The number of pyridine rings is 2. The van der Waals surface area contributed by atoms with Crippen LogP contribution in [-0.2, 0) is 4.74 Å². The Morgan fingerprint density at radius 3 is 2.79 bits per heavy atom. The minimum atomic E-state index is 0.364. The summed E-state index contributed by atoms with van der Waals surface area (Å²) in [5.74, 6) is 2.72. The standard InChI is InChI=1S/C24H28N8O/c25-6-2-8-32-17-4-5-18(32)10-16(9-17)27-24-19-3-1-7-26-21(19)12-22(29-24)28-23-11-20(30-31-23)15-13-33-14-15/h1,3,7,11-12,15-18H,2,4-5,8-10,13-14H2,(H3,27,28,29,30,31)/t16?,17-,18+. The van der Waals surface area contributed by atoms with E-state index in [1.165, 1.54) is 12.8 Å². The van der Waals surface area contributed by atoms with Crippen molar-refractivity contribution in [2.45, 2.75) is 56.1 Å². The Bertz CT molecular complexity index is 1170. The quantitative estimate of drug-likeness (QED) is 0.507. The lowest BCUT2D eigenvalue weighted by Gasteiger charge is -2.39. The molecule has 33 heavy (non-hydrogen) atoms. The van der Waals surface area contributed by atoms with Crippen LogP contribution in [0.3, 0.4) is 0 Å². The van der Waals surface area contributed by atoms with Crippen LogP contribution in [0.25, 0.3) is 10.9 Å². The predicted octanol–water partition coefficient (Wildman–Crippen LogP) is 3.53. The number of ether oxygens (including phenoxy) is 1. The first kappa shape index (κ1) is 20.4. The molecule has 170 valence electrons. The number of nitrogens with zero attached hydrogens (tertiary/aromatic N) is 5. The SMILES string of the molecule is N#CCCN1[C@@H]2CC[C@H]1CC(Nc1nc(Nc3cc(C4COC4)[nH]n3)cc3ncccc13)C2. The average Bonchev–Trinajstić information content (AvgIpc) is 3.32. The van der Waals surface area contributed by atoms with Gasteiger partial charge in [0, 0.05) is 66.4 Å². The maximum Gasteiger partial charge on any atom is 0.153 e. The molecule has 6 rings (SSSR count). The molecule has 3 aromatic rings. The number of anilines is 3. The number of aromatic amines is 1. The van der Waals surface area contributed by atoms with E-state index in [9.17, 15) is 0 Å². The summed E-state index contributed by atoms with van der Waals surface area (Å²) in [6.45, 7) is 2.37. The summed E-state index contributed by atoms with van der Waals surface area (Å²) in [6, 6.07) is 11.8. The van der Waals surface area contributed by atoms with Crippen LogP contribution in [-0.4, -0.2) is 62.9 Å². The number of nitrogens with one attached hydrogen (secondary N) is 3. The van der Waals surface area contributed by atoms with Gasteiger partial charge in [-0.05, 0) is 37.8 Å². The van der Waals surface area contributed by atoms with E-state index < -0.39 is 0 Å². The summed E-state index contributed by atoms with van der Waals surface area (Å²) >= 11 is 0. The van der Waals surface area contributed by atoms with Gasteiger partial charge >= 0.3 is 0 Å². The number of H-pyrrole nitrogens is 1. The lowest BCUT2D eigenvalue weighted by molar-refractivity contribution is 0.00670. The number of piperidine rings is 1. The number of hydrogen-bond donors (Lipinski definition) is 3. The lowest BCUT2D eigenvalue weighted by Crippen LogP contribution is -2.47. The number of aromatic nitrogens is 4. The third-order valence-electron chi connectivity index (χ3n) is 7.24. The van der Waals surface area contributed by atoms with Crippen LogP contribution >= 0.6 is 0 Å². The lowest BCUT2D eigenvalue weighted by atomic mass is 9.97. The minimum absolute atomic E-state index is 0.364. The molecule has 3 fully saturated rings. The third kappa shape index (κ3) is 4.01. The van der Waals surface area contributed by atoms with Gasteiger partial charge in [0.25, 0.3) is 0 Å². The first-order valence-electron chi connectivity index (χ1n) is 11.8. The van der Waals surface area contributed by atoms with Crippen LogP contribution in [0.4, 0.5) is 17.5 Å². The topological polar surface area (TPSA) is 115 Å². The largest absolute Gasteiger partial charge is 0.380 e. The second-order valence-corrected chi connectivity index (χ2v) is 9.34. The second kappa shape index (κ2) is 8.61. The van der Waals surface area contributed by atoms with Gasteiger partial charge in [-0.1, -0.05) is 0 Å². The van der Waals surface area contributed by atoms with E-state index >= 15 is 0 Å². The summed E-state index contributed by atoms with van der Waals surface area (Å²) in [7, 11) is 0. The first-order valence-corrected chi connectivity index (χ1v) is 11.8. The summed E-state index contributed by atoms with van der Waals surface area (Å²) in [5, 5.41) is 24.6. The number of hydrogen-bond acceptors (Lipinski definition) is 8. The molecule has 1 unspecified atom stereocenters. The van der Waals surface area contributed by atoms with Gasteiger partial charge in [0.1, 0.15) is 11.6 Å². The fraction of sp³-hybridized carbons (Fsp3) is 0.500. The molecule has 0 aromatic carbocycles. The van der Waals surface area contributed by atoms with Gasteiger partial charge in [-0.3, -0.25) is 15.0 Å². The van der Waals surface area contributed by atoms with Gasteiger partial charge in [0.2, 0.25) is 0 Å². The monoisotopic (exact) mass is 444 g/mol. The van der Waals surface area contributed by atoms with Gasteiger partial charge in [0.05, 0.1) is 24.8 Å². The Morgan fingerprint density at radius 2 is 2.03 bits per heavy atom. The first-order chi connectivity index (χ1) is 16.3. The molecule has 3 saturated heterocycles. The van der Waals surface area contributed by atoms with Gasteiger partial charge in [0.15, 0.2) is 5.82 Å². The molecular weight excluding hydrogens is 416 g/mol. The maximum atomic E-state index is 8.99. The molecule has 2 bridgehead atoms. The van der Waals surface area contributed by atoms with E-state index in [0.29, 0.717) is 30.5 Å². The molecule has 3 aliphatic rings. The summed E-state index contributed by atoms with van der Waals surface area (Å²) in [5.41, 5.74) is 1.98. The van der Waals surface area contributed by atoms with Crippen molar-refractivity contribution in [2.75, 3.05) is 30.4 Å². The van der Waals surface area contributed by atoms with Crippen LogP contribution in [0.15, 0.2) is 30.5 Å². The molecular formula is C24H28N8O. The smallest absolute Gasteiger partial charge is 0.153 e. The highest BCUT2D eigenvalue weighted by Crippen LogP contribution is 2.37. The number of nitriles is 1. The van der Waals surface area contributed by atoms with Crippen molar-refractivity contribution < 1.29 is 4.74 Å². The van der Waals surface area contributed by atoms with E-state index in [2.05, 4.69) is 42.9 Å². The van der Waals surface area contributed by atoms with Crippen molar-refractivity contribution in [1.82, 2.24) is 25.1 Å². The van der Waals surface area contributed by atoms with Crippen LogP contribution in [0.2, 0.25) is 0 Å². The molecule has 0 radical (unpaired) electrons. The number of rotatable bonds is 7. The van der Waals surface area contributed by atoms with E-state index in [1.54, 1.807) is 0 Å². The van der Waals surface area contributed by atoms with Crippen molar-refractivity contribution in [2.24, 2.45) is 0 Å². The van der Waals surface area contributed by atoms with Crippen LogP contribution < -0.4 is 10.6 Å². The zero-order valence-corrected chi connectivity index (χ0v) is 18.5. The van der Waals surface area contributed by atoms with Gasteiger partial charge in [-0.25, -0.2) is 4.98 Å². The van der Waals surface area contributed by atoms with E-state index in [4.69, 9.17) is 15.0 Å². The summed E-state index contributed by atoms with van der Waals surface area (Å²) in [4.78, 5) is 12.0. The van der Waals surface area contributed by atoms with Crippen molar-refractivity contribution in [3.05, 3.63) is 36.2 Å². The van der Waals surface area contributed by atoms with Crippen LogP contribution in [0.1, 0.15) is 43.7 Å². The Kier molecular flexibility index (Phi) is 5.32. The van der Waals surface area contributed by atoms with Crippen molar-refractivity contribution in [3.8, 4) is 6.07 Å². The summed E-state index contributed by atoms with van der Waals surface area (Å²) < 4.78 is 5.28. The third-order valence-corrected chi connectivity index (χ3v) is 7.24. The molecule has 0 spiro atoms. The average molecular weight is 445 g/mol. The fourth-order valence-corrected chi connectivity index (χ4v) is 5.54. The van der Waals surface area contributed by atoms with E-state index in [1.807, 2.05) is 24.4 Å². The molecule has 9 heteroatoms. The highest BCUT2D eigenvalue weighted by Gasteiger charge is 2.40. The Balaban J connectivity index is 1.22. The highest BCUT2D eigenvalue weighted by molar-refractivity contribution is 5.91. The van der Waals surface area contributed by atoms with Crippen molar-refractivity contribution in [1.29, 1.82) is 5.26 Å². The van der Waals surface area contributed by atoms with Gasteiger partial charge in [-0.2, -0.15) is 10.4 Å². The minimum Gasteiger partial charge on any atom is -0.380 e. The number of fused-ring (bicyclic) bond motifs is 3. The van der Waals surface area contributed by atoms with E-state index in [0.717, 1.165) is 66.7 Å². The molecule has 6 heterocycles. The normalized spacial score (nSPS) is 25.0. The Hall–Kier alpha value is -3.22. The zero-order chi connectivity index (χ0) is 22.2. The maximum absolute atomic E-state index is 8.99. The zero-order valence-electron chi connectivity index (χ0n) is 18.5. The summed E-state index contributed by atoms with van der Waals surface area (Å²) in [6.07, 6.45) is 7.02. The van der Waals surface area contributed by atoms with Crippen molar-refractivity contribution >= 4 is 28.4 Å². The Morgan fingerprint density at radius 1 is 1.18 bits per heavy atom. The molecule has 0 amide bonds.